The summed E-state index contributed by atoms with van der Waals surface area (Å²) in [6.45, 7) is 0. The van der Waals surface area contributed by atoms with Gasteiger partial charge in [0.1, 0.15) is 5.75 Å². The summed E-state index contributed by atoms with van der Waals surface area (Å²) in [5.41, 5.74) is 6.02. The number of hydrogen-bond donors (Lipinski definition) is 3. The third-order valence-corrected chi connectivity index (χ3v) is 5.60. The fourth-order valence-corrected chi connectivity index (χ4v) is 4.07. The van der Waals surface area contributed by atoms with Crippen LogP contribution in [0.15, 0.2) is 0 Å². The molecule has 2 aliphatic carbocycles. The Hall–Kier alpha value is -0.660. The molecule has 2 fully saturated rings. The molecule has 2 bridgehead atoms. The van der Waals surface area contributed by atoms with Crippen molar-refractivity contribution in [3.8, 4) is 0 Å². The molecular weight excluding hydrogens is 266 g/mol. The van der Waals surface area contributed by atoms with Gasteiger partial charge in [0.2, 0.25) is 15.9 Å². The monoisotopic (exact) mass is 289 g/mol. The molecule has 19 heavy (non-hydrogen) atoms. The number of hydrogen-bond acceptors (Lipinski definition) is 4. The van der Waals surface area contributed by atoms with Gasteiger partial charge in [-0.25, -0.2) is 13.1 Å². The second-order valence-corrected chi connectivity index (χ2v) is 7.67. The molecule has 4 N–H and O–H groups in total. The second kappa shape index (κ2) is 5.76. The Morgan fingerprint density at radius 1 is 1.26 bits per heavy atom. The predicted molar refractivity (Wildman–Crippen MR) is 72.8 cm³/mol. The van der Waals surface area contributed by atoms with Crippen LogP contribution in [0.25, 0.3) is 0 Å². The highest BCUT2D eigenvalue weighted by Crippen LogP contribution is 2.39. The van der Waals surface area contributed by atoms with Crippen LogP contribution in [0.4, 0.5) is 0 Å². The van der Waals surface area contributed by atoms with Crippen molar-refractivity contribution in [1.29, 1.82) is 0 Å². The van der Waals surface area contributed by atoms with Crippen LogP contribution in [-0.2, 0) is 14.8 Å². The van der Waals surface area contributed by atoms with Gasteiger partial charge in [-0.1, -0.05) is 6.42 Å². The fraction of sp³-hybridized carbons (Fsp3) is 0.917. The van der Waals surface area contributed by atoms with Crippen LogP contribution in [0.2, 0.25) is 0 Å². The van der Waals surface area contributed by atoms with Gasteiger partial charge < -0.3 is 11.1 Å². The number of sulfonamides is 1. The molecule has 0 aromatic rings. The van der Waals surface area contributed by atoms with Gasteiger partial charge in [-0.3, -0.25) is 4.79 Å². The maximum Gasteiger partial charge on any atom is 0.236 e. The van der Waals surface area contributed by atoms with E-state index in [9.17, 15) is 13.2 Å². The van der Waals surface area contributed by atoms with Crippen molar-refractivity contribution >= 4 is 15.9 Å². The minimum absolute atomic E-state index is 0.105. The lowest BCUT2D eigenvalue weighted by Crippen LogP contribution is -2.54. The number of nitrogens with one attached hydrogen (secondary N) is 2. The van der Waals surface area contributed by atoms with Crippen LogP contribution in [0.1, 0.15) is 32.1 Å². The number of carbonyl (C=O) groups excluding carboxylic acids is 1. The molecule has 0 aromatic heterocycles. The molecule has 1 amide bonds. The molecule has 2 aliphatic rings. The summed E-state index contributed by atoms with van der Waals surface area (Å²) in [7, 11) is -2.17. The Labute approximate surface area is 114 Å². The third-order valence-electron chi connectivity index (χ3n) is 4.34. The Kier molecular flexibility index (Phi) is 4.47. The number of fused-ring (bicyclic) bond motifs is 2. The summed E-state index contributed by atoms with van der Waals surface area (Å²) in [4.78, 5) is 11.8. The van der Waals surface area contributed by atoms with E-state index in [4.69, 9.17) is 5.73 Å². The first-order valence-electron chi connectivity index (χ1n) is 6.87. The lowest BCUT2D eigenvalue weighted by molar-refractivity contribution is -0.120. The summed E-state index contributed by atoms with van der Waals surface area (Å²) >= 11 is 0. The zero-order chi connectivity index (χ0) is 14.0. The summed E-state index contributed by atoms with van der Waals surface area (Å²) in [6.07, 6.45) is 5.20. The van der Waals surface area contributed by atoms with E-state index in [2.05, 4.69) is 10.0 Å². The van der Waals surface area contributed by atoms with Gasteiger partial charge in [-0.15, -0.1) is 0 Å². The molecule has 2 rings (SSSR count). The zero-order valence-electron chi connectivity index (χ0n) is 11.3. The van der Waals surface area contributed by atoms with Crippen molar-refractivity contribution in [2.24, 2.45) is 17.6 Å². The van der Waals surface area contributed by atoms with E-state index in [1.54, 1.807) is 0 Å². The second-order valence-electron chi connectivity index (χ2n) is 5.74. The van der Waals surface area contributed by atoms with Gasteiger partial charge in [0.15, 0.2) is 0 Å². The van der Waals surface area contributed by atoms with Crippen LogP contribution in [0.3, 0.4) is 0 Å². The van der Waals surface area contributed by atoms with Gasteiger partial charge in [0.05, 0.1) is 0 Å². The minimum Gasteiger partial charge on any atom is -0.352 e. The SMILES string of the molecule is CNS(=O)(=O)CC(=O)NC1C2CCCC1CC(N)C2. The first-order chi connectivity index (χ1) is 8.91. The van der Waals surface area contributed by atoms with Crippen LogP contribution in [0.5, 0.6) is 0 Å². The lowest BCUT2D eigenvalue weighted by Gasteiger charge is -2.45. The normalized spacial score (nSPS) is 34.8. The standard InChI is InChI=1S/C12H23N3O3S/c1-14-19(17,18)7-11(16)15-12-8-3-2-4-9(12)6-10(13)5-8/h8-10,12,14H,2-7,13H2,1H3,(H,15,16). The highest BCUT2D eigenvalue weighted by Gasteiger charge is 2.40. The molecule has 0 spiro atoms. The van der Waals surface area contributed by atoms with Gasteiger partial charge >= 0.3 is 0 Å². The maximum absolute atomic E-state index is 11.8. The summed E-state index contributed by atoms with van der Waals surface area (Å²) in [6, 6.07) is 0.331. The topological polar surface area (TPSA) is 101 Å². The van der Waals surface area contributed by atoms with Crippen LogP contribution in [-0.4, -0.2) is 39.2 Å². The average molecular weight is 289 g/mol. The summed E-state index contributed by atoms with van der Waals surface area (Å²) < 4.78 is 24.9. The first kappa shape index (κ1) is 14.7. The molecule has 0 heterocycles. The van der Waals surface area contributed by atoms with Crippen LogP contribution < -0.4 is 15.8 Å². The number of carbonyl (C=O) groups is 1. The molecule has 0 saturated heterocycles. The molecule has 0 radical (unpaired) electrons. The molecule has 2 unspecified atom stereocenters. The lowest BCUT2D eigenvalue weighted by atomic mass is 9.67. The van der Waals surface area contributed by atoms with Crippen LogP contribution >= 0.6 is 0 Å². The predicted octanol–water partition coefficient (Wildman–Crippen LogP) is -0.442. The molecule has 0 aromatic carbocycles. The molecule has 0 aliphatic heterocycles. The van der Waals surface area contributed by atoms with Crippen molar-refractivity contribution in [3.63, 3.8) is 0 Å². The van der Waals surface area contributed by atoms with Crippen molar-refractivity contribution in [3.05, 3.63) is 0 Å². The van der Waals surface area contributed by atoms with E-state index in [0.717, 1.165) is 25.7 Å². The highest BCUT2D eigenvalue weighted by atomic mass is 32.2. The van der Waals surface area contributed by atoms with Gasteiger partial charge in [-0.2, -0.15) is 0 Å². The molecule has 6 nitrogen and oxygen atoms in total. The zero-order valence-corrected chi connectivity index (χ0v) is 12.1. The average Bonchev–Trinajstić information content (AvgIpc) is 2.29. The molecule has 7 heteroatoms. The smallest absolute Gasteiger partial charge is 0.236 e. The van der Waals surface area contributed by atoms with E-state index >= 15 is 0 Å². The van der Waals surface area contributed by atoms with E-state index < -0.39 is 21.7 Å². The Bertz CT molecular complexity index is 424. The van der Waals surface area contributed by atoms with E-state index in [1.807, 2.05) is 0 Å². The fourth-order valence-electron chi connectivity index (χ4n) is 3.50. The van der Waals surface area contributed by atoms with E-state index in [-0.39, 0.29) is 12.1 Å². The number of amides is 1. The summed E-state index contributed by atoms with van der Waals surface area (Å²) in [5.74, 6) is -0.0925. The highest BCUT2D eigenvalue weighted by molar-refractivity contribution is 7.90. The maximum atomic E-state index is 11.8. The van der Waals surface area contributed by atoms with E-state index in [0.29, 0.717) is 11.8 Å². The molecule has 2 atom stereocenters. The van der Waals surface area contributed by atoms with Crippen molar-refractivity contribution in [1.82, 2.24) is 10.0 Å². The van der Waals surface area contributed by atoms with Crippen LogP contribution in [0, 0.1) is 11.8 Å². The Morgan fingerprint density at radius 2 is 1.84 bits per heavy atom. The van der Waals surface area contributed by atoms with Crippen molar-refractivity contribution in [2.45, 2.75) is 44.2 Å². The van der Waals surface area contributed by atoms with Gasteiger partial charge in [0.25, 0.3) is 0 Å². The van der Waals surface area contributed by atoms with Crippen molar-refractivity contribution in [2.75, 3.05) is 12.8 Å². The van der Waals surface area contributed by atoms with Gasteiger partial charge in [0, 0.05) is 12.1 Å². The quantitative estimate of drug-likeness (QED) is 0.653. The molecular formula is C12H23N3O3S. The summed E-state index contributed by atoms with van der Waals surface area (Å²) in [5, 5.41) is 2.92. The number of nitrogens with two attached hydrogens (primary N) is 1. The molecule has 110 valence electrons. The Morgan fingerprint density at radius 3 is 2.37 bits per heavy atom. The largest absolute Gasteiger partial charge is 0.352 e. The number of rotatable bonds is 4. The van der Waals surface area contributed by atoms with Crippen molar-refractivity contribution < 1.29 is 13.2 Å². The first-order valence-corrected chi connectivity index (χ1v) is 8.52. The third kappa shape index (κ3) is 3.67. The minimum atomic E-state index is -3.49. The van der Waals surface area contributed by atoms with E-state index in [1.165, 1.54) is 13.5 Å². The van der Waals surface area contributed by atoms with Gasteiger partial charge in [-0.05, 0) is 44.6 Å². The molecule has 2 saturated carbocycles. The Balaban J connectivity index is 1.97.